The molecule has 2 heterocycles. The standard InChI is InChI=1S/C20H29N5S.HI/c1-15-6-7-17(16(2)12-15)13-23-19(21-3)22-9-8-18-14-26-20(24-18)25-10-4-5-11-25;/h6-7,12,14H,4-5,8-11,13H2,1-3H3,(H2,21,22,23);1H. The lowest BCUT2D eigenvalue weighted by atomic mass is 10.1. The van der Waals surface area contributed by atoms with Crippen LogP contribution in [0.3, 0.4) is 0 Å². The van der Waals surface area contributed by atoms with Gasteiger partial charge in [0, 0.05) is 45.0 Å². The lowest BCUT2D eigenvalue weighted by molar-refractivity contribution is 0.783. The first kappa shape index (κ1) is 21.9. The van der Waals surface area contributed by atoms with Gasteiger partial charge in [-0.05, 0) is 37.8 Å². The Bertz CT molecular complexity index is 753. The first-order valence-corrected chi connectivity index (χ1v) is 10.2. The van der Waals surface area contributed by atoms with E-state index in [4.69, 9.17) is 4.98 Å². The van der Waals surface area contributed by atoms with E-state index in [0.29, 0.717) is 0 Å². The molecule has 1 saturated heterocycles. The Morgan fingerprint density at radius 2 is 2.00 bits per heavy atom. The van der Waals surface area contributed by atoms with Gasteiger partial charge in [-0.3, -0.25) is 4.99 Å². The molecule has 1 aliphatic heterocycles. The summed E-state index contributed by atoms with van der Waals surface area (Å²) in [4.78, 5) is 11.5. The number of guanidine groups is 1. The number of nitrogens with one attached hydrogen (secondary N) is 2. The zero-order chi connectivity index (χ0) is 18.4. The molecule has 0 saturated carbocycles. The van der Waals surface area contributed by atoms with Crippen molar-refractivity contribution in [3.05, 3.63) is 46.0 Å². The number of rotatable bonds is 6. The number of thiazole rings is 1. The Hall–Kier alpha value is -1.35. The van der Waals surface area contributed by atoms with Crippen molar-refractivity contribution in [2.75, 3.05) is 31.6 Å². The number of hydrogen-bond donors (Lipinski definition) is 2. The van der Waals surface area contributed by atoms with E-state index < -0.39 is 0 Å². The van der Waals surface area contributed by atoms with Gasteiger partial charge in [0.15, 0.2) is 11.1 Å². The van der Waals surface area contributed by atoms with Crippen LogP contribution in [0, 0.1) is 13.8 Å². The van der Waals surface area contributed by atoms with E-state index in [1.807, 2.05) is 7.05 Å². The van der Waals surface area contributed by atoms with E-state index in [1.165, 1.54) is 34.7 Å². The van der Waals surface area contributed by atoms with E-state index in [2.05, 4.69) is 58.0 Å². The quantitative estimate of drug-likeness (QED) is 0.360. The van der Waals surface area contributed by atoms with Crippen molar-refractivity contribution < 1.29 is 0 Å². The normalized spacial score (nSPS) is 14.2. The van der Waals surface area contributed by atoms with Gasteiger partial charge in [-0.25, -0.2) is 4.98 Å². The molecule has 0 bridgehead atoms. The Kier molecular flexibility index (Phi) is 8.82. The van der Waals surface area contributed by atoms with Crippen molar-refractivity contribution in [2.45, 2.75) is 39.7 Å². The Labute approximate surface area is 183 Å². The molecule has 1 aromatic carbocycles. The van der Waals surface area contributed by atoms with Gasteiger partial charge in [-0.15, -0.1) is 35.3 Å². The Morgan fingerprint density at radius 3 is 2.70 bits per heavy atom. The van der Waals surface area contributed by atoms with Gasteiger partial charge in [0.05, 0.1) is 5.69 Å². The first-order valence-electron chi connectivity index (χ1n) is 9.35. The summed E-state index contributed by atoms with van der Waals surface area (Å²) in [5, 5.41) is 10.1. The maximum absolute atomic E-state index is 4.77. The van der Waals surface area contributed by atoms with Gasteiger partial charge in [0.25, 0.3) is 0 Å². The van der Waals surface area contributed by atoms with Crippen LogP contribution in [0.5, 0.6) is 0 Å². The minimum atomic E-state index is 0. The Balaban J connectivity index is 0.00000261. The van der Waals surface area contributed by atoms with Crippen LogP contribution in [-0.4, -0.2) is 37.6 Å². The van der Waals surface area contributed by atoms with Crippen molar-refractivity contribution in [1.82, 2.24) is 15.6 Å². The number of benzene rings is 1. The summed E-state index contributed by atoms with van der Waals surface area (Å²) in [6, 6.07) is 6.55. The highest BCUT2D eigenvalue weighted by Gasteiger charge is 2.15. The third-order valence-corrected chi connectivity index (χ3v) is 5.71. The van der Waals surface area contributed by atoms with Gasteiger partial charge in [-0.2, -0.15) is 0 Å². The van der Waals surface area contributed by atoms with Gasteiger partial charge < -0.3 is 15.5 Å². The van der Waals surface area contributed by atoms with Crippen LogP contribution in [0.1, 0.15) is 35.2 Å². The molecule has 1 fully saturated rings. The third-order valence-electron chi connectivity index (χ3n) is 4.76. The van der Waals surface area contributed by atoms with Gasteiger partial charge >= 0.3 is 0 Å². The minimum Gasteiger partial charge on any atom is -0.356 e. The maximum atomic E-state index is 4.77. The zero-order valence-corrected chi connectivity index (χ0v) is 19.6. The van der Waals surface area contributed by atoms with Crippen LogP contribution in [0.15, 0.2) is 28.6 Å². The molecule has 148 valence electrons. The van der Waals surface area contributed by atoms with Crippen LogP contribution in [-0.2, 0) is 13.0 Å². The van der Waals surface area contributed by atoms with Gasteiger partial charge in [-0.1, -0.05) is 23.8 Å². The summed E-state index contributed by atoms with van der Waals surface area (Å²) in [5.74, 6) is 0.833. The molecule has 0 radical (unpaired) electrons. The lowest BCUT2D eigenvalue weighted by Gasteiger charge is -2.13. The van der Waals surface area contributed by atoms with Crippen molar-refractivity contribution in [2.24, 2.45) is 4.99 Å². The summed E-state index contributed by atoms with van der Waals surface area (Å²) in [6.45, 7) is 8.19. The number of anilines is 1. The number of nitrogens with zero attached hydrogens (tertiary/aromatic N) is 3. The second-order valence-electron chi connectivity index (χ2n) is 6.85. The highest BCUT2D eigenvalue weighted by atomic mass is 127. The van der Waals surface area contributed by atoms with Crippen LogP contribution >= 0.6 is 35.3 Å². The molecule has 27 heavy (non-hydrogen) atoms. The van der Waals surface area contributed by atoms with Crippen molar-refractivity contribution in [1.29, 1.82) is 0 Å². The molecule has 2 aromatic rings. The second kappa shape index (κ2) is 10.8. The van der Waals surface area contributed by atoms with Gasteiger partial charge in [0.1, 0.15) is 0 Å². The number of aromatic nitrogens is 1. The molecule has 1 aromatic heterocycles. The van der Waals surface area contributed by atoms with Crippen molar-refractivity contribution in [3.8, 4) is 0 Å². The molecular weight excluding hydrogens is 469 g/mol. The summed E-state index contributed by atoms with van der Waals surface area (Å²) in [6.07, 6.45) is 3.49. The molecule has 7 heteroatoms. The summed E-state index contributed by atoms with van der Waals surface area (Å²) >= 11 is 1.76. The molecule has 0 aliphatic carbocycles. The minimum absolute atomic E-state index is 0. The molecule has 1 aliphatic rings. The molecular formula is C20H30IN5S. The smallest absolute Gasteiger partial charge is 0.191 e. The largest absolute Gasteiger partial charge is 0.356 e. The predicted molar refractivity (Wildman–Crippen MR) is 127 cm³/mol. The van der Waals surface area contributed by atoms with E-state index in [9.17, 15) is 0 Å². The summed E-state index contributed by atoms with van der Waals surface area (Å²) < 4.78 is 0. The fourth-order valence-electron chi connectivity index (χ4n) is 3.22. The molecule has 0 atom stereocenters. The van der Waals surface area contributed by atoms with E-state index in [-0.39, 0.29) is 24.0 Å². The molecule has 0 amide bonds. The van der Waals surface area contributed by atoms with Crippen LogP contribution < -0.4 is 15.5 Å². The van der Waals surface area contributed by atoms with Crippen molar-refractivity contribution in [3.63, 3.8) is 0 Å². The maximum Gasteiger partial charge on any atom is 0.191 e. The lowest BCUT2D eigenvalue weighted by Crippen LogP contribution is -2.38. The molecule has 3 rings (SSSR count). The Morgan fingerprint density at radius 1 is 1.22 bits per heavy atom. The SMILES string of the molecule is CN=C(NCCc1csc(N2CCCC2)n1)NCc1ccc(C)cc1C.I. The van der Waals surface area contributed by atoms with Crippen LogP contribution in [0.2, 0.25) is 0 Å². The summed E-state index contributed by atoms with van der Waals surface area (Å²) in [5.41, 5.74) is 5.07. The second-order valence-corrected chi connectivity index (χ2v) is 7.68. The average Bonchev–Trinajstić information content (AvgIpc) is 3.30. The number of hydrogen-bond acceptors (Lipinski definition) is 4. The first-order chi connectivity index (χ1) is 12.7. The van der Waals surface area contributed by atoms with Crippen LogP contribution in [0.25, 0.3) is 0 Å². The molecule has 0 unspecified atom stereocenters. The number of halogens is 1. The molecule has 2 N–H and O–H groups in total. The highest BCUT2D eigenvalue weighted by molar-refractivity contribution is 14.0. The number of aliphatic imine (C=N–C) groups is 1. The monoisotopic (exact) mass is 499 g/mol. The zero-order valence-electron chi connectivity index (χ0n) is 16.4. The summed E-state index contributed by atoms with van der Waals surface area (Å²) in [7, 11) is 1.81. The van der Waals surface area contributed by atoms with E-state index in [1.54, 1.807) is 11.3 Å². The van der Waals surface area contributed by atoms with Gasteiger partial charge in [0.2, 0.25) is 0 Å². The number of aryl methyl sites for hydroxylation is 2. The fourth-order valence-corrected chi connectivity index (χ4v) is 4.13. The average molecular weight is 499 g/mol. The van der Waals surface area contributed by atoms with Crippen LogP contribution in [0.4, 0.5) is 5.13 Å². The molecule has 5 nitrogen and oxygen atoms in total. The van der Waals surface area contributed by atoms with E-state index in [0.717, 1.165) is 44.3 Å². The fraction of sp³-hybridized carbons (Fsp3) is 0.500. The molecule has 0 spiro atoms. The van der Waals surface area contributed by atoms with Crippen molar-refractivity contribution >= 4 is 46.4 Å². The topological polar surface area (TPSA) is 52.6 Å². The van der Waals surface area contributed by atoms with E-state index >= 15 is 0 Å². The highest BCUT2D eigenvalue weighted by Crippen LogP contribution is 2.24. The predicted octanol–water partition coefficient (Wildman–Crippen LogP) is 3.89. The third kappa shape index (κ3) is 6.34.